The summed E-state index contributed by atoms with van der Waals surface area (Å²) in [7, 11) is 0. The quantitative estimate of drug-likeness (QED) is 0.583. The summed E-state index contributed by atoms with van der Waals surface area (Å²) in [5.74, 6) is 0.271. The van der Waals surface area contributed by atoms with Crippen molar-refractivity contribution in [3.63, 3.8) is 0 Å². The van der Waals surface area contributed by atoms with Crippen LogP contribution < -0.4 is 15.8 Å². The summed E-state index contributed by atoms with van der Waals surface area (Å²) in [5.41, 5.74) is 6.34. The standard InChI is InChI=1S/C11H17N3O3/c1-3-17-11-6-9(13-7-8(2)12)4-5-10(11)14(15)16/h4-6,8,13H,3,7,12H2,1-2H3. The van der Waals surface area contributed by atoms with Gasteiger partial charge in [-0.2, -0.15) is 0 Å². The minimum Gasteiger partial charge on any atom is -0.487 e. The number of nitro groups is 1. The summed E-state index contributed by atoms with van der Waals surface area (Å²) in [6.45, 7) is 4.65. The predicted octanol–water partition coefficient (Wildman–Crippen LogP) is 1.75. The van der Waals surface area contributed by atoms with Crippen molar-refractivity contribution in [2.24, 2.45) is 5.73 Å². The molecule has 0 saturated heterocycles. The zero-order chi connectivity index (χ0) is 12.8. The van der Waals surface area contributed by atoms with Crippen molar-refractivity contribution < 1.29 is 9.66 Å². The van der Waals surface area contributed by atoms with E-state index in [1.807, 2.05) is 6.92 Å². The third-order valence-electron chi connectivity index (χ3n) is 2.08. The van der Waals surface area contributed by atoms with E-state index < -0.39 is 4.92 Å². The number of benzene rings is 1. The van der Waals surface area contributed by atoms with Crippen molar-refractivity contribution in [1.82, 2.24) is 0 Å². The van der Waals surface area contributed by atoms with Crippen molar-refractivity contribution in [3.05, 3.63) is 28.3 Å². The van der Waals surface area contributed by atoms with Crippen molar-refractivity contribution in [2.75, 3.05) is 18.5 Å². The lowest BCUT2D eigenvalue weighted by Gasteiger charge is -2.11. The van der Waals surface area contributed by atoms with Gasteiger partial charge in [0.05, 0.1) is 11.5 Å². The highest BCUT2D eigenvalue weighted by Crippen LogP contribution is 2.29. The van der Waals surface area contributed by atoms with Crippen LogP contribution in [0.15, 0.2) is 18.2 Å². The summed E-state index contributed by atoms with van der Waals surface area (Å²) >= 11 is 0. The zero-order valence-electron chi connectivity index (χ0n) is 9.97. The maximum Gasteiger partial charge on any atom is 0.311 e. The molecule has 1 unspecified atom stereocenters. The number of nitro benzene ring substituents is 1. The van der Waals surface area contributed by atoms with Gasteiger partial charge in [0.15, 0.2) is 5.75 Å². The average molecular weight is 239 g/mol. The van der Waals surface area contributed by atoms with Crippen molar-refractivity contribution >= 4 is 11.4 Å². The number of ether oxygens (including phenoxy) is 1. The van der Waals surface area contributed by atoms with Crippen LogP contribution in [0.25, 0.3) is 0 Å². The van der Waals surface area contributed by atoms with E-state index in [1.54, 1.807) is 19.1 Å². The molecule has 0 fully saturated rings. The highest BCUT2D eigenvalue weighted by atomic mass is 16.6. The molecule has 0 aromatic heterocycles. The Bertz CT molecular complexity index is 394. The lowest BCUT2D eigenvalue weighted by molar-refractivity contribution is -0.385. The van der Waals surface area contributed by atoms with Crippen LogP contribution in [-0.2, 0) is 0 Å². The van der Waals surface area contributed by atoms with Gasteiger partial charge < -0.3 is 15.8 Å². The Kier molecular flexibility index (Phi) is 4.71. The highest BCUT2D eigenvalue weighted by molar-refractivity contribution is 5.58. The Morgan fingerprint density at radius 2 is 2.29 bits per heavy atom. The molecule has 0 heterocycles. The molecule has 0 amide bonds. The monoisotopic (exact) mass is 239 g/mol. The van der Waals surface area contributed by atoms with Gasteiger partial charge in [-0.15, -0.1) is 0 Å². The van der Waals surface area contributed by atoms with Crippen LogP contribution in [0.2, 0.25) is 0 Å². The van der Waals surface area contributed by atoms with Gasteiger partial charge in [-0.1, -0.05) is 0 Å². The molecule has 1 rings (SSSR count). The Labute approximate surface area is 99.9 Å². The van der Waals surface area contributed by atoms with E-state index in [1.165, 1.54) is 6.07 Å². The summed E-state index contributed by atoms with van der Waals surface area (Å²) in [5, 5.41) is 13.8. The molecule has 0 aliphatic heterocycles. The van der Waals surface area contributed by atoms with Crippen LogP contribution in [0.3, 0.4) is 0 Å². The number of rotatable bonds is 6. The van der Waals surface area contributed by atoms with E-state index >= 15 is 0 Å². The SMILES string of the molecule is CCOc1cc(NCC(C)N)ccc1[N+](=O)[O-]. The first-order valence-corrected chi connectivity index (χ1v) is 5.45. The second-order valence-corrected chi connectivity index (χ2v) is 3.73. The number of anilines is 1. The molecule has 0 spiro atoms. The zero-order valence-corrected chi connectivity index (χ0v) is 9.97. The lowest BCUT2D eigenvalue weighted by atomic mass is 10.2. The van der Waals surface area contributed by atoms with Gasteiger partial charge in [0, 0.05) is 30.4 Å². The van der Waals surface area contributed by atoms with E-state index in [0.717, 1.165) is 5.69 Å². The summed E-state index contributed by atoms with van der Waals surface area (Å²) in [4.78, 5) is 10.3. The Morgan fingerprint density at radius 1 is 1.59 bits per heavy atom. The molecular formula is C11H17N3O3. The fourth-order valence-electron chi connectivity index (χ4n) is 1.32. The lowest BCUT2D eigenvalue weighted by Crippen LogP contribution is -2.25. The molecule has 94 valence electrons. The van der Waals surface area contributed by atoms with E-state index in [2.05, 4.69) is 5.32 Å². The van der Waals surface area contributed by atoms with Crippen LogP contribution >= 0.6 is 0 Å². The molecule has 6 nitrogen and oxygen atoms in total. The normalized spacial score (nSPS) is 11.9. The molecule has 3 N–H and O–H groups in total. The number of nitrogens with one attached hydrogen (secondary N) is 1. The smallest absolute Gasteiger partial charge is 0.311 e. The molecule has 1 aromatic rings. The Hall–Kier alpha value is -1.82. The van der Waals surface area contributed by atoms with Crippen molar-refractivity contribution in [3.8, 4) is 5.75 Å². The van der Waals surface area contributed by atoms with Gasteiger partial charge in [0.25, 0.3) is 0 Å². The number of hydrogen-bond donors (Lipinski definition) is 2. The van der Waals surface area contributed by atoms with Gasteiger partial charge >= 0.3 is 5.69 Å². The highest BCUT2D eigenvalue weighted by Gasteiger charge is 2.15. The summed E-state index contributed by atoms with van der Waals surface area (Å²) < 4.78 is 5.23. The first-order chi connectivity index (χ1) is 8.04. The third-order valence-corrected chi connectivity index (χ3v) is 2.08. The van der Waals surface area contributed by atoms with Crippen LogP contribution in [0.5, 0.6) is 5.75 Å². The van der Waals surface area contributed by atoms with Crippen LogP contribution in [0.4, 0.5) is 11.4 Å². The van der Waals surface area contributed by atoms with Gasteiger partial charge in [0.1, 0.15) is 0 Å². The minimum atomic E-state index is -0.458. The topological polar surface area (TPSA) is 90.4 Å². The molecule has 1 atom stereocenters. The van der Waals surface area contributed by atoms with E-state index in [4.69, 9.17) is 10.5 Å². The summed E-state index contributed by atoms with van der Waals surface area (Å²) in [6, 6.07) is 4.70. The average Bonchev–Trinajstić information content (AvgIpc) is 2.26. The third kappa shape index (κ3) is 3.92. The minimum absolute atomic E-state index is 0.0146. The predicted molar refractivity (Wildman–Crippen MR) is 66.4 cm³/mol. The maximum atomic E-state index is 10.8. The van der Waals surface area contributed by atoms with Crippen molar-refractivity contribution in [2.45, 2.75) is 19.9 Å². The molecule has 6 heteroatoms. The molecule has 17 heavy (non-hydrogen) atoms. The number of hydrogen-bond acceptors (Lipinski definition) is 5. The molecule has 0 bridgehead atoms. The van der Waals surface area contributed by atoms with Crippen LogP contribution in [0.1, 0.15) is 13.8 Å². The fraction of sp³-hybridized carbons (Fsp3) is 0.455. The van der Waals surface area contributed by atoms with Gasteiger partial charge in [-0.25, -0.2) is 0 Å². The van der Waals surface area contributed by atoms with E-state index in [9.17, 15) is 10.1 Å². The first-order valence-electron chi connectivity index (χ1n) is 5.45. The van der Waals surface area contributed by atoms with E-state index in [0.29, 0.717) is 13.2 Å². The van der Waals surface area contributed by atoms with Crippen LogP contribution in [-0.4, -0.2) is 24.1 Å². The van der Waals surface area contributed by atoms with Gasteiger partial charge in [-0.3, -0.25) is 10.1 Å². The number of nitrogens with two attached hydrogens (primary N) is 1. The van der Waals surface area contributed by atoms with E-state index in [-0.39, 0.29) is 17.5 Å². The Balaban J connectivity index is 2.89. The largest absolute Gasteiger partial charge is 0.487 e. The van der Waals surface area contributed by atoms with Crippen LogP contribution in [0, 0.1) is 10.1 Å². The molecule has 0 saturated carbocycles. The fourth-order valence-corrected chi connectivity index (χ4v) is 1.32. The second kappa shape index (κ2) is 6.05. The maximum absolute atomic E-state index is 10.8. The second-order valence-electron chi connectivity index (χ2n) is 3.73. The van der Waals surface area contributed by atoms with Gasteiger partial charge in [-0.05, 0) is 19.9 Å². The molecule has 0 aliphatic rings. The molecule has 0 radical (unpaired) electrons. The first kappa shape index (κ1) is 13.2. The molecule has 0 aliphatic carbocycles. The summed E-state index contributed by atoms with van der Waals surface area (Å²) in [6.07, 6.45) is 0. The Morgan fingerprint density at radius 3 is 2.82 bits per heavy atom. The molecular weight excluding hydrogens is 222 g/mol. The molecule has 1 aromatic carbocycles. The number of nitrogens with zero attached hydrogens (tertiary/aromatic N) is 1. The van der Waals surface area contributed by atoms with Gasteiger partial charge in [0.2, 0.25) is 0 Å². The van der Waals surface area contributed by atoms with Crippen molar-refractivity contribution in [1.29, 1.82) is 0 Å².